The van der Waals surface area contributed by atoms with E-state index in [1.54, 1.807) is 18.3 Å². The number of benzene rings is 2. The van der Waals surface area contributed by atoms with Crippen molar-refractivity contribution in [3.05, 3.63) is 57.0 Å². The smallest absolute Gasteiger partial charge is 0.119 e. The Balaban J connectivity index is 1.76. The molecule has 3 nitrogen and oxygen atoms in total. The topological polar surface area (TPSA) is 33.6 Å². The largest absolute Gasteiger partial charge is 0.494 e. The lowest BCUT2D eigenvalue weighted by Crippen LogP contribution is -1.97. The highest BCUT2D eigenvalue weighted by Gasteiger charge is 2.06. The number of anilines is 1. The first-order chi connectivity index (χ1) is 13.1. The highest BCUT2D eigenvalue weighted by molar-refractivity contribution is 6.41. The standard InChI is InChI=1S/C21H25Cl3N2O/c1-2-3-4-5-6-7-12-27-18-10-8-16(9-11-18)15-25-26-21-19(23)13-17(22)14-20(21)24/h8-11,13-15,26H,2-7,12H2,1H3. The first-order valence-corrected chi connectivity index (χ1v) is 10.4. The van der Waals surface area contributed by atoms with Crippen LogP contribution in [0.1, 0.15) is 51.0 Å². The van der Waals surface area contributed by atoms with Crippen molar-refractivity contribution in [2.24, 2.45) is 5.10 Å². The number of hydrazone groups is 1. The number of unbranched alkanes of at least 4 members (excludes halogenated alkanes) is 5. The Kier molecular flexibility index (Phi) is 9.82. The predicted octanol–water partition coefficient (Wildman–Crippen LogP) is 7.83. The third-order valence-electron chi connectivity index (χ3n) is 4.04. The molecule has 0 saturated heterocycles. The molecule has 2 aromatic rings. The summed E-state index contributed by atoms with van der Waals surface area (Å²) in [6.07, 6.45) is 9.24. The lowest BCUT2D eigenvalue weighted by atomic mass is 10.1. The molecule has 0 spiro atoms. The SMILES string of the molecule is CCCCCCCCOc1ccc(C=NNc2c(Cl)cc(Cl)cc2Cl)cc1. The summed E-state index contributed by atoms with van der Waals surface area (Å²) in [7, 11) is 0. The van der Waals surface area contributed by atoms with Crippen molar-refractivity contribution in [3.8, 4) is 5.75 Å². The summed E-state index contributed by atoms with van der Waals surface area (Å²) in [5.74, 6) is 0.873. The maximum Gasteiger partial charge on any atom is 0.119 e. The van der Waals surface area contributed by atoms with E-state index < -0.39 is 0 Å². The zero-order valence-electron chi connectivity index (χ0n) is 15.5. The molecule has 146 valence electrons. The van der Waals surface area contributed by atoms with Gasteiger partial charge < -0.3 is 4.74 Å². The highest BCUT2D eigenvalue weighted by atomic mass is 35.5. The van der Waals surface area contributed by atoms with E-state index in [2.05, 4.69) is 17.5 Å². The second kappa shape index (κ2) is 12.1. The van der Waals surface area contributed by atoms with Crippen LogP contribution in [-0.4, -0.2) is 12.8 Å². The Morgan fingerprint density at radius 3 is 2.22 bits per heavy atom. The molecule has 0 atom stereocenters. The first kappa shape index (κ1) is 21.9. The van der Waals surface area contributed by atoms with Gasteiger partial charge in [-0.25, -0.2) is 0 Å². The van der Waals surface area contributed by atoms with Crippen molar-refractivity contribution in [1.82, 2.24) is 0 Å². The van der Waals surface area contributed by atoms with Crippen LogP contribution in [0, 0.1) is 0 Å². The second-order valence-electron chi connectivity index (χ2n) is 6.30. The van der Waals surface area contributed by atoms with Gasteiger partial charge in [-0.05, 0) is 48.4 Å². The quantitative estimate of drug-likeness (QED) is 0.225. The van der Waals surface area contributed by atoms with Crippen molar-refractivity contribution in [2.75, 3.05) is 12.0 Å². The molecule has 0 aliphatic rings. The van der Waals surface area contributed by atoms with Crippen LogP contribution in [0.2, 0.25) is 15.1 Å². The van der Waals surface area contributed by atoms with Gasteiger partial charge in [0.1, 0.15) is 5.75 Å². The molecule has 0 bridgehead atoms. The molecule has 0 amide bonds. The molecule has 0 aliphatic carbocycles. The Labute approximate surface area is 176 Å². The fourth-order valence-corrected chi connectivity index (χ4v) is 3.44. The molecule has 0 aliphatic heterocycles. The fraction of sp³-hybridized carbons (Fsp3) is 0.381. The van der Waals surface area contributed by atoms with Crippen molar-refractivity contribution in [2.45, 2.75) is 45.4 Å². The molecule has 6 heteroatoms. The Morgan fingerprint density at radius 2 is 1.56 bits per heavy atom. The average molecular weight is 428 g/mol. The molecule has 0 saturated carbocycles. The van der Waals surface area contributed by atoms with E-state index in [-0.39, 0.29) is 0 Å². The molecule has 0 radical (unpaired) electrons. The predicted molar refractivity (Wildman–Crippen MR) is 118 cm³/mol. The maximum atomic E-state index is 6.11. The minimum absolute atomic E-state index is 0.420. The van der Waals surface area contributed by atoms with Gasteiger partial charge >= 0.3 is 0 Å². The Hall–Kier alpha value is -1.42. The van der Waals surface area contributed by atoms with Crippen molar-refractivity contribution in [3.63, 3.8) is 0 Å². The monoisotopic (exact) mass is 426 g/mol. The van der Waals surface area contributed by atoms with E-state index >= 15 is 0 Å². The first-order valence-electron chi connectivity index (χ1n) is 9.26. The van der Waals surface area contributed by atoms with Crippen molar-refractivity contribution < 1.29 is 4.74 Å². The van der Waals surface area contributed by atoms with Gasteiger partial charge in [0, 0.05) is 5.02 Å². The Bertz CT molecular complexity index is 710. The summed E-state index contributed by atoms with van der Waals surface area (Å²) < 4.78 is 5.78. The van der Waals surface area contributed by atoms with E-state index in [9.17, 15) is 0 Å². The normalized spacial score (nSPS) is 11.1. The third-order valence-corrected chi connectivity index (χ3v) is 4.86. The van der Waals surface area contributed by atoms with E-state index in [0.29, 0.717) is 20.8 Å². The van der Waals surface area contributed by atoms with E-state index in [0.717, 1.165) is 24.3 Å². The summed E-state index contributed by atoms with van der Waals surface area (Å²) in [6, 6.07) is 11.0. The van der Waals surface area contributed by atoms with Gasteiger partial charge in [0.05, 0.1) is 28.6 Å². The van der Waals surface area contributed by atoms with Gasteiger partial charge in [-0.15, -0.1) is 0 Å². The van der Waals surface area contributed by atoms with Gasteiger partial charge in [-0.3, -0.25) is 5.43 Å². The van der Waals surface area contributed by atoms with E-state index in [1.807, 2.05) is 24.3 Å². The minimum Gasteiger partial charge on any atom is -0.494 e. The number of rotatable bonds is 11. The number of nitrogens with zero attached hydrogens (tertiary/aromatic N) is 1. The lowest BCUT2D eigenvalue weighted by molar-refractivity contribution is 0.304. The van der Waals surface area contributed by atoms with Gasteiger partial charge in [0.2, 0.25) is 0 Å². The van der Waals surface area contributed by atoms with Crippen LogP contribution >= 0.6 is 34.8 Å². The summed E-state index contributed by atoms with van der Waals surface area (Å²) >= 11 is 18.1. The number of ether oxygens (including phenoxy) is 1. The van der Waals surface area contributed by atoms with Crippen LogP contribution in [0.25, 0.3) is 0 Å². The number of nitrogens with one attached hydrogen (secondary N) is 1. The summed E-state index contributed by atoms with van der Waals surface area (Å²) in [6.45, 7) is 2.99. The van der Waals surface area contributed by atoms with Crippen molar-refractivity contribution >= 4 is 46.7 Å². The van der Waals surface area contributed by atoms with Gasteiger partial charge in [0.25, 0.3) is 0 Å². The molecular formula is C21H25Cl3N2O. The zero-order valence-corrected chi connectivity index (χ0v) is 17.7. The number of hydrogen-bond acceptors (Lipinski definition) is 3. The minimum atomic E-state index is 0.420. The summed E-state index contributed by atoms with van der Waals surface area (Å²) in [4.78, 5) is 0. The van der Waals surface area contributed by atoms with Crippen LogP contribution in [0.3, 0.4) is 0 Å². The van der Waals surface area contributed by atoms with Gasteiger partial charge in [0.15, 0.2) is 0 Å². The molecule has 2 aromatic carbocycles. The summed E-state index contributed by atoms with van der Waals surface area (Å²) in [5.41, 5.74) is 4.32. The third kappa shape index (κ3) is 8.00. The molecule has 1 N–H and O–H groups in total. The zero-order chi connectivity index (χ0) is 19.5. The molecule has 0 fully saturated rings. The molecule has 2 rings (SSSR count). The number of halogens is 3. The number of hydrogen-bond donors (Lipinski definition) is 1. The second-order valence-corrected chi connectivity index (χ2v) is 7.55. The fourth-order valence-electron chi connectivity index (χ4n) is 2.54. The van der Waals surface area contributed by atoms with E-state index in [4.69, 9.17) is 39.5 Å². The molecule has 0 aromatic heterocycles. The van der Waals surface area contributed by atoms with Crippen LogP contribution in [0.15, 0.2) is 41.5 Å². The maximum absolute atomic E-state index is 6.11. The molecular weight excluding hydrogens is 403 g/mol. The highest BCUT2D eigenvalue weighted by Crippen LogP contribution is 2.33. The molecule has 27 heavy (non-hydrogen) atoms. The van der Waals surface area contributed by atoms with Crippen LogP contribution in [-0.2, 0) is 0 Å². The van der Waals surface area contributed by atoms with Crippen LogP contribution in [0.5, 0.6) is 5.75 Å². The molecule has 0 heterocycles. The van der Waals surface area contributed by atoms with E-state index in [1.165, 1.54) is 32.1 Å². The lowest BCUT2D eigenvalue weighted by Gasteiger charge is -2.07. The Morgan fingerprint density at radius 1 is 0.926 bits per heavy atom. The van der Waals surface area contributed by atoms with Gasteiger partial charge in [-0.1, -0.05) is 73.8 Å². The molecule has 0 unspecified atom stereocenters. The van der Waals surface area contributed by atoms with Crippen molar-refractivity contribution in [1.29, 1.82) is 0 Å². The summed E-state index contributed by atoms with van der Waals surface area (Å²) in [5, 5.41) is 5.50. The van der Waals surface area contributed by atoms with Gasteiger partial charge in [-0.2, -0.15) is 5.10 Å². The average Bonchev–Trinajstić information content (AvgIpc) is 2.64. The van der Waals surface area contributed by atoms with Crippen LogP contribution in [0.4, 0.5) is 5.69 Å². The van der Waals surface area contributed by atoms with Crippen LogP contribution < -0.4 is 10.2 Å².